The average Bonchev–Trinajstić information content (AvgIpc) is 2.69. The van der Waals surface area contributed by atoms with Crippen molar-refractivity contribution in [2.24, 2.45) is 0 Å². The van der Waals surface area contributed by atoms with E-state index in [-0.39, 0.29) is 5.54 Å². The van der Waals surface area contributed by atoms with Gasteiger partial charge < -0.3 is 5.32 Å². The van der Waals surface area contributed by atoms with Gasteiger partial charge in [-0.2, -0.15) is 0 Å². The van der Waals surface area contributed by atoms with Gasteiger partial charge in [-0.1, -0.05) is 37.3 Å². The van der Waals surface area contributed by atoms with Gasteiger partial charge in [-0.15, -0.1) is 0 Å². The molecule has 0 saturated carbocycles. The molecule has 1 unspecified atom stereocenters. The molecule has 1 fully saturated rings. The molecule has 0 aromatic heterocycles. The van der Waals surface area contributed by atoms with Crippen LogP contribution in [0.25, 0.3) is 0 Å². The summed E-state index contributed by atoms with van der Waals surface area (Å²) in [6.07, 6.45) is 3.78. The van der Waals surface area contributed by atoms with Crippen LogP contribution in [0.4, 0.5) is 0 Å². The quantitative estimate of drug-likeness (QED) is 0.728. The second kappa shape index (κ2) is 3.51. The summed E-state index contributed by atoms with van der Waals surface area (Å²) in [5.74, 6) is 0. The highest BCUT2D eigenvalue weighted by atomic mass is 15.0. The fraction of sp³-hybridized carbons (Fsp3) is 0.500. The minimum absolute atomic E-state index is 0.279. The maximum absolute atomic E-state index is 3.64. The lowest BCUT2D eigenvalue weighted by Gasteiger charge is -2.28. The highest BCUT2D eigenvalue weighted by Gasteiger charge is 2.32. The predicted octanol–water partition coefficient (Wildman–Crippen LogP) is 2.68. The average molecular weight is 175 g/mol. The van der Waals surface area contributed by atoms with Gasteiger partial charge in [0.25, 0.3) is 0 Å². The topological polar surface area (TPSA) is 12.0 Å². The van der Waals surface area contributed by atoms with E-state index in [9.17, 15) is 0 Å². The van der Waals surface area contributed by atoms with Gasteiger partial charge in [0, 0.05) is 5.54 Å². The van der Waals surface area contributed by atoms with Crippen molar-refractivity contribution in [2.45, 2.75) is 31.7 Å². The first-order valence-corrected chi connectivity index (χ1v) is 5.18. The Labute approximate surface area is 80.2 Å². The molecule has 1 heterocycles. The van der Waals surface area contributed by atoms with Gasteiger partial charge in [-0.25, -0.2) is 0 Å². The van der Waals surface area contributed by atoms with E-state index < -0.39 is 0 Å². The zero-order chi connectivity index (χ0) is 9.15. The van der Waals surface area contributed by atoms with Crippen molar-refractivity contribution in [3.05, 3.63) is 35.9 Å². The summed E-state index contributed by atoms with van der Waals surface area (Å²) in [6.45, 7) is 3.44. The van der Waals surface area contributed by atoms with Crippen LogP contribution in [0.1, 0.15) is 31.7 Å². The van der Waals surface area contributed by atoms with Crippen LogP contribution in [0.3, 0.4) is 0 Å². The minimum atomic E-state index is 0.279. The van der Waals surface area contributed by atoms with E-state index in [0.29, 0.717) is 0 Å². The van der Waals surface area contributed by atoms with Crippen molar-refractivity contribution in [1.82, 2.24) is 5.32 Å². The summed E-state index contributed by atoms with van der Waals surface area (Å²) < 4.78 is 0. The summed E-state index contributed by atoms with van der Waals surface area (Å²) in [5, 5.41) is 3.64. The van der Waals surface area contributed by atoms with Crippen LogP contribution in [-0.4, -0.2) is 6.54 Å². The number of rotatable bonds is 2. The van der Waals surface area contributed by atoms with Gasteiger partial charge in [0.1, 0.15) is 0 Å². The van der Waals surface area contributed by atoms with Gasteiger partial charge in [0.05, 0.1) is 0 Å². The van der Waals surface area contributed by atoms with Crippen LogP contribution < -0.4 is 5.32 Å². The van der Waals surface area contributed by atoms with Crippen LogP contribution in [0.15, 0.2) is 30.3 Å². The molecule has 1 aromatic carbocycles. The first-order chi connectivity index (χ1) is 6.37. The molecule has 0 bridgehead atoms. The van der Waals surface area contributed by atoms with E-state index >= 15 is 0 Å². The minimum Gasteiger partial charge on any atom is -0.307 e. The molecule has 2 rings (SSSR count). The first kappa shape index (κ1) is 8.76. The summed E-state index contributed by atoms with van der Waals surface area (Å²) in [5.41, 5.74) is 1.73. The monoisotopic (exact) mass is 175 g/mol. The molecule has 1 aliphatic heterocycles. The number of nitrogens with one attached hydrogen (secondary N) is 1. The van der Waals surface area contributed by atoms with E-state index in [1.807, 2.05) is 0 Å². The van der Waals surface area contributed by atoms with Crippen LogP contribution in [0.5, 0.6) is 0 Å². The van der Waals surface area contributed by atoms with Crippen molar-refractivity contribution < 1.29 is 0 Å². The van der Waals surface area contributed by atoms with Crippen molar-refractivity contribution >= 4 is 0 Å². The van der Waals surface area contributed by atoms with Gasteiger partial charge in [0.2, 0.25) is 0 Å². The third-order valence-corrected chi connectivity index (χ3v) is 3.17. The fourth-order valence-electron chi connectivity index (χ4n) is 2.32. The molecular formula is C12H17N. The standard InChI is InChI=1S/C12H17N/c1-2-12(9-6-10-13-12)11-7-4-3-5-8-11/h3-5,7-8,13H,2,6,9-10H2,1H3. The summed E-state index contributed by atoms with van der Waals surface area (Å²) in [6, 6.07) is 10.8. The highest BCUT2D eigenvalue weighted by Crippen LogP contribution is 2.33. The highest BCUT2D eigenvalue weighted by molar-refractivity contribution is 5.25. The van der Waals surface area contributed by atoms with Crippen LogP contribution in [0.2, 0.25) is 0 Å². The summed E-state index contributed by atoms with van der Waals surface area (Å²) >= 11 is 0. The van der Waals surface area contributed by atoms with E-state index in [4.69, 9.17) is 0 Å². The number of hydrogen-bond donors (Lipinski definition) is 1. The van der Waals surface area contributed by atoms with Crippen molar-refractivity contribution in [1.29, 1.82) is 0 Å². The smallest absolute Gasteiger partial charge is 0.0432 e. The third-order valence-electron chi connectivity index (χ3n) is 3.17. The predicted molar refractivity (Wildman–Crippen MR) is 55.6 cm³/mol. The van der Waals surface area contributed by atoms with Gasteiger partial charge >= 0.3 is 0 Å². The Morgan fingerprint density at radius 1 is 1.31 bits per heavy atom. The first-order valence-electron chi connectivity index (χ1n) is 5.18. The van der Waals surface area contributed by atoms with Crippen molar-refractivity contribution in [3.63, 3.8) is 0 Å². The molecule has 0 radical (unpaired) electrons. The fourth-order valence-corrected chi connectivity index (χ4v) is 2.32. The maximum Gasteiger partial charge on any atom is 0.0432 e. The number of benzene rings is 1. The van der Waals surface area contributed by atoms with E-state index in [2.05, 4.69) is 42.6 Å². The normalized spacial score (nSPS) is 27.8. The lowest BCUT2D eigenvalue weighted by molar-refractivity contribution is 0.376. The molecule has 0 amide bonds. The Balaban J connectivity index is 2.31. The molecule has 1 aliphatic rings. The van der Waals surface area contributed by atoms with Gasteiger partial charge in [0.15, 0.2) is 0 Å². The molecule has 1 atom stereocenters. The van der Waals surface area contributed by atoms with E-state index in [1.165, 1.54) is 31.4 Å². The SMILES string of the molecule is CCC1(c2ccccc2)CCCN1. The molecule has 0 aliphatic carbocycles. The Kier molecular flexibility index (Phi) is 2.36. The Bertz CT molecular complexity index is 260. The largest absolute Gasteiger partial charge is 0.307 e. The second-order valence-electron chi connectivity index (χ2n) is 3.83. The zero-order valence-corrected chi connectivity index (χ0v) is 8.22. The molecule has 0 spiro atoms. The Hall–Kier alpha value is -0.820. The van der Waals surface area contributed by atoms with Crippen molar-refractivity contribution in [3.8, 4) is 0 Å². The summed E-state index contributed by atoms with van der Waals surface area (Å²) in [4.78, 5) is 0. The van der Waals surface area contributed by atoms with Crippen LogP contribution >= 0.6 is 0 Å². The molecular weight excluding hydrogens is 158 g/mol. The lowest BCUT2D eigenvalue weighted by atomic mass is 9.86. The molecule has 13 heavy (non-hydrogen) atoms. The van der Waals surface area contributed by atoms with E-state index in [1.54, 1.807) is 0 Å². The number of hydrogen-bond acceptors (Lipinski definition) is 1. The maximum atomic E-state index is 3.64. The molecule has 1 saturated heterocycles. The van der Waals surface area contributed by atoms with Crippen LogP contribution in [-0.2, 0) is 5.54 Å². The lowest BCUT2D eigenvalue weighted by Crippen LogP contribution is -2.35. The van der Waals surface area contributed by atoms with Gasteiger partial charge in [-0.3, -0.25) is 0 Å². The van der Waals surface area contributed by atoms with E-state index in [0.717, 1.165) is 0 Å². The molecule has 1 N–H and O–H groups in total. The van der Waals surface area contributed by atoms with Crippen molar-refractivity contribution in [2.75, 3.05) is 6.54 Å². The molecule has 1 aromatic rings. The van der Waals surface area contributed by atoms with Gasteiger partial charge in [-0.05, 0) is 31.4 Å². The third kappa shape index (κ3) is 1.49. The molecule has 1 heteroatoms. The zero-order valence-electron chi connectivity index (χ0n) is 8.22. The molecule has 70 valence electrons. The Morgan fingerprint density at radius 3 is 2.62 bits per heavy atom. The Morgan fingerprint density at radius 2 is 2.08 bits per heavy atom. The second-order valence-corrected chi connectivity index (χ2v) is 3.83. The van der Waals surface area contributed by atoms with Crippen LogP contribution in [0, 0.1) is 0 Å². The summed E-state index contributed by atoms with van der Waals surface area (Å²) in [7, 11) is 0. The molecule has 1 nitrogen and oxygen atoms in total.